The number of nitrogens with one attached hydrogen (secondary N) is 1. The molecular weight excluding hydrogens is 358 g/mol. The maximum absolute atomic E-state index is 12.1. The number of aromatic nitrogens is 2. The summed E-state index contributed by atoms with van der Waals surface area (Å²) in [4.78, 5) is 23.3. The molecule has 1 aromatic heterocycles. The van der Waals surface area contributed by atoms with Crippen molar-refractivity contribution in [2.24, 2.45) is 0 Å². The monoisotopic (exact) mass is 381 g/mol. The number of nitrogens with zero attached hydrogens (tertiary/aromatic N) is 2. The lowest BCUT2D eigenvalue weighted by Gasteiger charge is -2.19. The normalized spacial score (nSPS) is 15.2. The lowest BCUT2D eigenvalue weighted by atomic mass is 9.87. The van der Waals surface area contributed by atoms with Crippen LogP contribution in [0.5, 0.6) is 5.75 Å². The number of ether oxygens (including phenoxy) is 1. The van der Waals surface area contributed by atoms with Gasteiger partial charge in [0.15, 0.2) is 0 Å². The fourth-order valence-corrected chi connectivity index (χ4v) is 4.21. The molecule has 0 spiro atoms. The summed E-state index contributed by atoms with van der Waals surface area (Å²) in [6.07, 6.45) is 2.04. The molecule has 0 aliphatic carbocycles. The van der Waals surface area contributed by atoms with E-state index in [0.717, 1.165) is 38.8 Å². The van der Waals surface area contributed by atoms with Gasteiger partial charge in [0.2, 0.25) is 5.91 Å². The lowest BCUT2D eigenvalue weighted by Crippen LogP contribution is -2.31. The van der Waals surface area contributed by atoms with E-state index in [1.54, 1.807) is 25.8 Å². The fourth-order valence-electron chi connectivity index (χ4n) is 3.78. The Morgan fingerprint density at radius 2 is 2.07 bits per heavy atom. The van der Waals surface area contributed by atoms with Crippen LogP contribution in [0.3, 0.4) is 0 Å². The van der Waals surface area contributed by atoms with Crippen molar-refractivity contribution >= 4 is 34.4 Å². The zero-order valence-corrected chi connectivity index (χ0v) is 17.0. The van der Waals surface area contributed by atoms with Gasteiger partial charge in [0, 0.05) is 29.5 Å². The quantitative estimate of drug-likeness (QED) is 0.674. The number of hydrogen-bond donors (Lipinski definition) is 1. The van der Waals surface area contributed by atoms with Gasteiger partial charge in [0.25, 0.3) is 0 Å². The molecule has 4 rings (SSSR count). The summed E-state index contributed by atoms with van der Waals surface area (Å²) in [6, 6.07) is 10.3. The van der Waals surface area contributed by atoms with Crippen molar-refractivity contribution in [1.82, 2.24) is 9.97 Å². The van der Waals surface area contributed by atoms with E-state index in [1.807, 2.05) is 29.4 Å². The maximum atomic E-state index is 12.1. The predicted molar refractivity (Wildman–Crippen MR) is 111 cm³/mol. The smallest absolute Gasteiger partial charge is 0.223 e. The van der Waals surface area contributed by atoms with E-state index in [9.17, 15) is 4.79 Å². The molecular formula is C21H23N3O2S. The van der Waals surface area contributed by atoms with Crippen molar-refractivity contribution < 1.29 is 9.53 Å². The molecule has 2 aromatic carbocycles. The Morgan fingerprint density at radius 1 is 1.30 bits per heavy atom. The molecule has 1 amide bonds. The Balaban J connectivity index is 1.87. The van der Waals surface area contributed by atoms with Gasteiger partial charge in [-0.3, -0.25) is 4.79 Å². The van der Waals surface area contributed by atoms with Crippen LogP contribution in [-0.2, 0) is 10.2 Å². The van der Waals surface area contributed by atoms with Crippen LogP contribution in [0.1, 0.15) is 26.3 Å². The first-order chi connectivity index (χ1) is 12.8. The Labute approximate surface area is 163 Å². The number of rotatable bonds is 3. The van der Waals surface area contributed by atoms with E-state index in [-0.39, 0.29) is 11.3 Å². The number of thioether (sulfide) groups is 1. The minimum Gasteiger partial charge on any atom is -0.496 e. The molecule has 0 atom stereocenters. The second kappa shape index (κ2) is 6.30. The number of anilines is 1. The standard InChI is InChI=1S/C21H23N3O2S/c1-12(25)24-11-21(2,3)15-9-16-17(10-18(15)24)23-20(22-16)14-7-6-13(27-5)8-19(14)26-4/h6-10H,11H2,1-5H3,(H,22,23). The highest BCUT2D eigenvalue weighted by atomic mass is 32.2. The van der Waals surface area contributed by atoms with Crippen LogP contribution < -0.4 is 9.64 Å². The van der Waals surface area contributed by atoms with Gasteiger partial charge in [-0.2, -0.15) is 0 Å². The van der Waals surface area contributed by atoms with Crippen molar-refractivity contribution in [2.45, 2.75) is 31.1 Å². The van der Waals surface area contributed by atoms with Gasteiger partial charge in [-0.15, -0.1) is 11.8 Å². The summed E-state index contributed by atoms with van der Waals surface area (Å²) in [6.45, 7) is 6.65. The van der Waals surface area contributed by atoms with Crippen molar-refractivity contribution in [3.05, 3.63) is 35.9 Å². The molecule has 0 radical (unpaired) electrons. The minimum atomic E-state index is -0.0852. The highest BCUT2D eigenvalue weighted by Gasteiger charge is 2.37. The minimum absolute atomic E-state index is 0.0613. The fraction of sp³-hybridized carbons (Fsp3) is 0.333. The van der Waals surface area contributed by atoms with Gasteiger partial charge in [0.05, 0.1) is 23.7 Å². The Kier molecular flexibility index (Phi) is 4.18. The maximum Gasteiger partial charge on any atom is 0.223 e. The number of benzene rings is 2. The number of amides is 1. The zero-order chi connectivity index (χ0) is 19.3. The number of hydrogen-bond acceptors (Lipinski definition) is 4. The topological polar surface area (TPSA) is 58.2 Å². The number of carbonyl (C=O) groups excluding carboxylic acids is 1. The molecule has 140 valence electrons. The second-order valence-electron chi connectivity index (χ2n) is 7.53. The molecule has 5 nitrogen and oxygen atoms in total. The van der Waals surface area contributed by atoms with E-state index in [4.69, 9.17) is 9.72 Å². The van der Waals surface area contributed by atoms with Gasteiger partial charge < -0.3 is 14.6 Å². The van der Waals surface area contributed by atoms with Gasteiger partial charge in [-0.05, 0) is 42.2 Å². The third-order valence-corrected chi connectivity index (χ3v) is 5.94. The summed E-state index contributed by atoms with van der Waals surface area (Å²) in [5.74, 6) is 1.62. The molecule has 3 aromatic rings. The second-order valence-corrected chi connectivity index (χ2v) is 8.41. The van der Waals surface area contributed by atoms with Gasteiger partial charge in [0.1, 0.15) is 11.6 Å². The van der Waals surface area contributed by atoms with Crippen molar-refractivity contribution in [3.63, 3.8) is 0 Å². The summed E-state index contributed by atoms with van der Waals surface area (Å²) in [5, 5.41) is 0. The first kappa shape index (κ1) is 17.9. The zero-order valence-electron chi connectivity index (χ0n) is 16.2. The molecule has 0 bridgehead atoms. The molecule has 0 saturated carbocycles. The Hall–Kier alpha value is -2.47. The molecule has 0 unspecified atom stereocenters. The van der Waals surface area contributed by atoms with Crippen molar-refractivity contribution in [1.29, 1.82) is 0 Å². The van der Waals surface area contributed by atoms with Crippen LogP contribution in [0, 0.1) is 0 Å². The molecule has 6 heteroatoms. The average Bonchev–Trinajstić information content (AvgIpc) is 3.17. The first-order valence-corrected chi connectivity index (χ1v) is 10.1. The van der Waals surface area contributed by atoms with E-state index in [1.165, 1.54) is 5.56 Å². The van der Waals surface area contributed by atoms with E-state index in [2.05, 4.69) is 31.0 Å². The molecule has 1 aliphatic heterocycles. The Bertz CT molecular complexity index is 1060. The molecule has 1 N–H and O–H groups in total. The summed E-state index contributed by atoms with van der Waals surface area (Å²) in [5.41, 5.74) is 4.79. The van der Waals surface area contributed by atoms with Gasteiger partial charge in [-0.25, -0.2) is 4.98 Å². The van der Waals surface area contributed by atoms with Crippen LogP contribution in [0.2, 0.25) is 0 Å². The first-order valence-electron chi connectivity index (χ1n) is 8.89. The van der Waals surface area contributed by atoms with E-state index >= 15 is 0 Å². The summed E-state index contributed by atoms with van der Waals surface area (Å²) in [7, 11) is 1.67. The lowest BCUT2D eigenvalue weighted by molar-refractivity contribution is -0.116. The molecule has 27 heavy (non-hydrogen) atoms. The highest BCUT2D eigenvalue weighted by Crippen LogP contribution is 2.43. The average molecular weight is 382 g/mol. The SMILES string of the molecule is COc1cc(SC)ccc1-c1nc2cc3c(cc2[nH]1)C(C)(C)CN3C(C)=O. The number of imidazole rings is 1. The van der Waals surface area contributed by atoms with Gasteiger partial charge >= 0.3 is 0 Å². The molecule has 0 fully saturated rings. The van der Waals surface area contributed by atoms with Crippen LogP contribution in [0.25, 0.3) is 22.4 Å². The highest BCUT2D eigenvalue weighted by molar-refractivity contribution is 7.98. The number of H-pyrrole nitrogens is 1. The van der Waals surface area contributed by atoms with E-state index < -0.39 is 0 Å². The van der Waals surface area contributed by atoms with Gasteiger partial charge in [-0.1, -0.05) is 13.8 Å². The number of methoxy groups -OCH3 is 1. The largest absolute Gasteiger partial charge is 0.496 e. The third kappa shape index (κ3) is 2.88. The van der Waals surface area contributed by atoms with Crippen LogP contribution in [-0.4, -0.2) is 35.8 Å². The molecule has 1 aliphatic rings. The predicted octanol–water partition coefficient (Wildman–Crippen LogP) is 4.60. The number of fused-ring (bicyclic) bond motifs is 2. The summed E-state index contributed by atoms with van der Waals surface area (Å²) < 4.78 is 5.57. The Morgan fingerprint density at radius 3 is 2.74 bits per heavy atom. The number of aromatic amines is 1. The van der Waals surface area contributed by atoms with Crippen LogP contribution in [0.15, 0.2) is 35.2 Å². The molecule has 2 heterocycles. The molecule has 0 saturated heterocycles. The number of carbonyl (C=O) groups is 1. The summed E-state index contributed by atoms with van der Waals surface area (Å²) >= 11 is 1.68. The van der Waals surface area contributed by atoms with Crippen molar-refractivity contribution in [3.8, 4) is 17.1 Å². The van der Waals surface area contributed by atoms with Crippen LogP contribution >= 0.6 is 11.8 Å². The van der Waals surface area contributed by atoms with E-state index in [0.29, 0.717) is 6.54 Å². The van der Waals surface area contributed by atoms with Crippen molar-refractivity contribution in [2.75, 3.05) is 24.8 Å². The third-order valence-electron chi connectivity index (χ3n) is 5.22. The van der Waals surface area contributed by atoms with Crippen LogP contribution in [0.4, 0.5) is 5.69 Å².